The molecule has 19 heavy (non-hydrogen) atoms. The van der Waals surface area contributed by atoms with Crippen molar-refractivity contribution >= 4 is 10.9 Å². The number of fused-ring (bicyclic) bond motifs is 1. The Morgan fingerprint density at radius 2 is 2.21 bits per heavy atom. The minimum atomic E-state index is 0.599. The summed E-state index contributed by atoms with van der Waals surface area (Å²) >= 11 is 0. The van der Waals surface area contributed by atoms with Crippen molar-refractivity contribution in [3.63, 3.8) is 0 Å². The van der Waals surface area contributed by atoms with Crippen LogP contribution >= 0.6 is 0 Å². The molecule has 0 saturated heterocycles. The Kier molecular flexibility index (Phi) is 5.16. The summed E-state index contributed by atoms with van der Waals surface area (Å²) in [5.41, 5.74) is 0.988. The molecular weight excluding hydrogens is 236 g/mol. The van der Waals surface area contributed by atoms with E-state index in [9.17, 15) is 0 Å². The summed E-state index contributed by atoms with van der Waals surface area (Å²) in [4.78, 5) is 4.33. The van der Waals surface area contributed by atoms with E-state index < -0.39 is 0 Å². The number of rotatable bonds is 7. The second-order valence-corrected chi connectivity index (χ2v) is 4.74. The van der Waals surface area contributed by atoms with Crippen molar-refractivity contribution in [1.29, 1.82) is 0 Å². The number of hydrogen-bond acceptors (Lipinski definition) is 3. The molecule has 1 unspecified atom stereocenters. The van der Waals surface area contributed by atoms with Gasteiger partial charge in [0.15, 0.2) is 0 Å². The van der Waals surface area contributed by atoms with E-state index in [0.29, 0.717) is 6.04 Å². The van der Waals surface area contributed by atoms with Gasteiger partial charge in [-0.05, 0) is 44.5 Å². The fourth-order valence-electron chi connectivity index (χ4n) is 2.21. The van der Waals surface area contributed by atoms with Gasteiger partial charge in [-0.3, -0.25) is 4.98 Å². The Morgan fingerprint density at radius 3 is 3.00 bits per heavy atom. The summed E-state index contributed by atoms with van der Waals surface area (Å²) < 4.78 is 5.79. The second kappa shape index (κ2) is 7.10. The molecule has 0 saturated carbocycles. The summed E-state index contributed by atoms with van der Waals surface area (Å²) in [7, 11) is 2.02. The van der Waals surface area contributed by atoms with Crippen LogP contribution in [-0.2, 0) is 0 Å². The highest BCUT2D eigenvalue weighted by Crippen LogP contribution is 2.19. The summed E-state index contributed by atoms with van der Waals surface area (Å²) in [5.74, 6) is 0.906. The van der Waals surface area contributed by atoms with E-state index in [1.165, 1.54) is 0 Å². The largest absolute Gasteiger partial charge is 0.494 e. The normalized spacial score (nSPS) is 12.5. The number of ether oxygens (including phenoxy) is 1. The first-order valence-corrected chi connectivity index (χ1v) is 6.98. The molecule has 0 spiro atoms. The van der Waals surface area contributed by atoms with Crippen LogP contribution in [0.3, 0.4) is 0 Å². The molecule has 3 nitrogen and oxygen atoms in total. The van der Waals surface area contributed by atoms with Crippen molar-refractivity contribution in [1.82, 2.24) is 10.3 Å². The van der Waals surface area contributed by atoms with Crippen LogP contribution in [0.4, 0.5) is 0 Å². The van der Waals surface area contributed by atoms with Crippen LogP contribution in [0.15, 0.2) is 36.5 Å². The third-order valence-electron chi connectivity index (χ3n) is 3.44. The Hall–Kier alpha value is -1.61. The summed E-state index contributed by atoms with van der Waals surface area (Å²) in [6.45, 7) is 2.97. The average molecular weight is 258 g/mol. The van der Waals surface area contributed by atoms with E-state index in [4.69, 9.17) is 4.74 Å². The molecule has 102 valence electrons. The van der Waals surface area contributed by atoms with Crippen molar-refractivity contribution < 1.29 is 4.74 Å². The summed E-state index contributed by atoms with van der Waals surface area (Å²) in [6.07, 6.45) is 5.19. The lowest BCUT2D eigenvalue weighted by molar-refractivity contribution is 0.296. The molecule has 0 fully saturated rings. The van der Waals surface area contributed by atoms with Gasteiger partial charge in [-0.1, -0.05) is 13.0 Å². The number of benzene rings is 1. The van der Waals surface area contributed by atoms with Crippen LogP contribution < -0.4 is 10.1 Å². The van der Waals surface area contributed by atoms with Gasteiger partial charge in [-0.15, -0.1) is 0 Å². The lowest BCUT2D eigenvalue weighted by Gasteiger charge is -2.13. The molecule has 3 heteroatoms. The van der Waals surface area contributed by atoms with E-state index in [2.05, 4.69) is 29.4 Å². The number of pyridine rings is 1. The highest BCUT2D eigenvalue weighted by molar-refractivity contribution is 5.79. The van der Waals surface area contributed by atoms with Crippen molar-refractivity contribution in [3.8, 4) is 5.75 Å². The minimum Gasteiger partial charge on any atom is -0.494 e. The molecule has 1 aromatic heterocycles. The molecule has 0 bridgehead atoms. The first-order chi connectivity index (χ1) is 9.33. The van der Waals surface area contributed by atoms with Crippen molar-refractivity contribution in [2.24, 2.45) is 0 Å². The maximum atomic E-state index is 5.79. The zero-order valence-corrected chi connectivity index (χ0v) is 11.7. The lowest BCUT2D eigenvalue weighted by atomic mass is 10.1. The molecule has 1 N–H and O–H groups in total. The molecule has 0 aliphatic rings. The summed E-state index contributed by atoms with van der Waals surface area (Å²) in [5, 5.41) is 4.46. The number of nitrogens with one attached hydrogen (secondary N) is 1. The van der Waals surface area contributed by atoms with E-state index >= 15 is 0 Å². The molecular formula is C16H22N2O. The fourth-order valence-corrected chi connectivity index (χ4v) is 2.21. The van der Waals surface area contributed by atoms with Gasteiger partial charge < -0.3 is 10.1 Å². The third-order valence-corrected chi connectivity index (χ3v) is 3.44. The van der Waals surface area contributed by atoms with E-state index in [-0.39, 0.29) is 0 Å². The van der Waals surface area contributed by atoms with Gasteiger partial charge in [-0.25, -0.2) is 0 Å². The molecule has 2 aromatic rings. The van der Waals surface area contributed by atoms with Gasteiger partial charge in [0.25, 0.3) is 0 Å². The Labute approximate surface area is 115 Å². The Morgan fingerprint density at radius 1 is 1.32 bits per heavy atom. The molecule has 1 heterocycles. The lowest BCUT2D eigenvalue weighted by Crippen LogP contribution is -2.24. The summed E-state index contributed by atoms with van der Waals surface area (Å²) in [6, 6.07) is 10.7. The van der Waals surface area contributed by atoms with Crippen LogP contribution in [0, 0.1) is 0 Å². The van der Waals surface area contributed by atoms with E-state index in [0.717, 1.165) is 42.5 Å². The minimum absolute atomic E-state index is 0.599. The Bertz CT molecular complexity index is 509. The van der Waals surface area contributed by atoms with Gasteiger partial charge in [-0.2, -0.15) is 0 Å². The van der Waals surface area contributed by atoms with Crippen molar-refractivity contribution in [2.45, 2.75) is 32.2 Å². The van der Waals surface area contributed by atoms with Gasteiger partial charge in [0, 0.05) is 23.7 Å². The number of hydrogen-bond donors (Lipinski definition) is 1. The van der Waals surface area contributed by atoms with Crippen LogP contribution in [0.5, 0.6) is 5.75 Å². The molecule has 0 radical (unpaired) electrons. The molecule has 0 aliphatic carbocycles. The molecule has 1 aromatic carbocycles. The standard InChI is InChI=1S/C16H22N2O/c1-3-14(17-2)7-5-11-19-15-9-8-13-6-4-10-18-16(13)12-15/h4,6,8-10,12,14,17H,3,5,7,11H2,1-2H3. The maximum Gasteiger partial charge on any atom is 0.121 e. The van der Waals surface area contributed by atoms with Crippen molar-refractivity contribution in [2.75, 3.05) is 13.7 Å². The van der Waals surface area contributed by atoms with E-state index in [1.807, 2.05) is 31.4 Å². The second-order valence-electron chi connectivity index (χ2n) is 4.74. The average Bonchev–Trinajstić information content (AvgIpc) is 2.47. The smallest absolute Gasteiger partial charge is 0.121 e. The molecule has 1 atom stereocenters. The first kappa shape index (κ1) is 13.8. The molecule has 0 amide bonds. The first-order valence-electron chi connectivity index (χ1n) is 6.98. The highest BCUT2D eigenvalue weighted by atomic mass is 16.5. The molecule has 2 rings (SSSR count). The van der Waals surface area contributed by atoms with Crippen molar-refractivity contribution in [3.05, 3.63) is 36.5 Å². The maximum absolute atomic E-state index is 5.79. The van der Waals surface area contributed by atoms with Crippen LogP contribution in [-0.4, -0.2) is 24.7 Å². The number of aromatic nitrogens is 1. The van der Waals surface area contributed by atoms with Gasteiger partial charge in [0.2, 0.25) is 0 Å². The van der Waals surface area contributed by atoms with E-state index in [1.54, 1.807) is 0 Å². The SMILES string of the molecule is CCC(CCCOc1ccc2cccnc2c1)NC. The van der Waals surface area contributed by atoms with Gasteiger partial charge in [0.05, 0.1) is 12.1 Å². The highest BCUT2D eigenvalue weighted by Gasteiger charge is 2.03. The predicted octanol–water partition coefficient (Wildman–Crippen LogP) is 3.39. The van der Waals surface area contributed by atoms with Crippen LogP contribution in [0.1, 0.15) is 26.2 Å². The van der Waals surface area contributed by atoms with Gasteiger partial charge in [0.1, 0.15) is 5.75 Å². The zero-order valence-electron chi connectivity index (χ0n) is 11.7. The fraction of sp³-hybridized carbons (Fsp3) is 0.438. The topological polar surface area (TPSA) is 34.1 Å². The van der Waals surface area contributed by atoms with Gasteiger partial charge >= 0.3 is 0 Å². The third kappa shape index (κ3) is 3.93. The molecule has 0 aliphatic heterocycles. The monoisotopic (exact) mass is 258 g/mol. The Balaban J connectivity index is 1.84. The predicted molar refractivity (Wildman–Crippen MR) is 79.6 cm³/mol. The van der Waals surface area contributed by atoms with Crippen LogP contribution in [0.25, 0.3) is 10.9 Å². The van der Waals surface area contributed by atoms with Crippen LogP contribution in [0.2, 0.25) is 0 Å². The number of nitrogens with zero attached hydrogens (tertiary/aromatic N) is 1. The quantitative estimate of drug-likeness (QED) is 0.773. The zero-order chi connectivity index (χ0) is 13.5.